The SMILES string of the molecule is CC.CC.CC.CC.CC(=O)c1ccccc1.CC(C)N=Nc1ncc(C(=O)c2ccccc2)s1.Nc1ncc(C(=O)c2ccccc2)s1.O=C(CBr)c1ccccc1.[B]. The van der Waals surface area contributed by atoms with Crippen LogP contribution in [0.2, 0.25) is 0 Å². The van der Waals surface area contributed by atoms with Crippen molar-refractivity contribution >= 4 is 80.4 Å². The van der Waals surface area contributed by atoms with Gasteiger partial charge in [0, 0.05) is 30.7 Å². The first-order chi connectivity index (χ1) is 28.6. The summed E-state index contributed by atoms with van der Waals surface area (Å²) < 4.78 is 0. The van der Waals surface area contributed by atoms with E-state index < -0.39 is 0 Å². The van der Waals surface area contributed by atoms with Crippen molar-refractivity contribution in [2.45, 2.75) is 82.2 Å². The second kappa shape index (κ2) is 38.0. The maximum atomic E-state index is 12.1. The molecule has 9 nitrogen and oxygen atoms in total. The number of carbonyl (C=O) groups excluding carboxylic acids is 4. The van der Waals surface area contributed by atoms with Gasteiger partial charge in [-0.2, -0.15) is 5.11 Å². The Morgan fingerprint density at radius 2 is 0.933 bits per heavy atom. The molecule has 6 aromatic rings. The third-order valence-electron chi connectivity index (χ3n) is 6.31. The summed E-state index contributed by atoms with van der Waals surface area (Å²) in [6, 6.07) is 36.8. The Kier molecular flexibility index (Phi) is 37.4. The average Bonchev–Trinajstić information content (AvgIpc) is 3.99. The summed E-state index contributed by atoms with van der Waals surface area (Å²) in [6.45, 7) is 21.4. The van der Waals surface area contributed by atoms with Crippen LogP contribution in [0, 0.1) is 0 Å². The first kappa shape index (κ1) is 59.1. The van der Waals surface area contributed by atoms with Crippen LogP contribution in [0.1, 0.15) is 127 Å². The maximum Gasteiger partial charge on any atom is 0.230 e. The van der Waals surface area contributed by atoms with Gasteiger partial charge in [0.15, 0.2) is 16.7 Å². The number of benzene rings is 4. The predicted octanol–water partition coefficient (Wildman–Crippen LogP) is 13.7. The zero-order valence-electron chi connectivity index (χ0n) is 36.8. The lowest BCUT2D eigenvalue weighted by Gasteiger charge is -1.95. The van der Waals surface area contributed by atoms with E-state index in [1.165, 1.54) is 28.9 Å². The maximum absolute atomic E-state index is 12.1. The number of nitrogens with two attached hydrogens (primary N) is 1. The van der Waals surface area contributed by atoms with E-state index >= 15 is 0 Å². The number of Topliss-reactive ketones (excluding diaryl/α,β-unsaturated/α-hetero) is 2. The van der Waals surface area contributed by atoms with E-state index in [1.807, 2.05) is 166 Å². The lowest BCUT2D eigenvalue weighted by atomic mass is 10.1. The highest BCUT2D eigenvalue weighted by Crippen LogP contribution is 2.24. The highest BCUT2D eigenvalue weighted by Gasteiger charge is 2.13. The van der Waals surface area contributed by atoms with E-state index in [1.54, 1.807) is 37.4 Å². The van der Waals surface area contributed by atoms with Crippen LogP contribution in [-0.4, -0.2) is 52.9 Å². The summed E-state index contributed by atoms with van der Waals surface area (Å²) in [7, 11) is 0. The molecule has 319 valence electrons. The van der Waals surface area contributed by atoms with Gasteiger partial charge in [0.2, 0.25) is 16.7 Å². The molecule has 0 saturated carbocycles. The molecule has 60 heavy (non-hydrogen) atoms. The normalized spacial score (nSPS) is 9.02. The van der Waals surface area contributed by atoms with Crippen LogP contribution in [0.4, 0.5) is 10.3 Å². The predicted molar refractivity (Wildman–Crippen MR) is 260 cm³/mol. The molecule has 2 N–H and O–H groups in total. The molecular weight excluding hydrogens is 853 g/mol. The van der Waals surface area contributed by atoms with E-state index in [9.17, 15) is 19.2 Å². The minimum atomic E-state index is -0.0286. The standard InChI is InChI=1S/C13H13N3OS.C10H8N2OS.C8H7BrO.C8H8O.4C2H6.B/c1-9(2)15-16-13-14-8-11(18-13)12(17)10-6-4-3-5-7-10;11-10-12-6-8(14-10)9(13)7-4-2-1-3-5-7;9-6-8(10)7-4-2-1-3-5-7;1-7(9)8-5-3-2-4-6-8;4*1-2;/h3-9H,1-2H3;1-6H,(H2,11,12);1-5H,6H2;2-6H,1H3;4*1-2H3;. The van der Waals surface area contributed by atoms with Gasteiger partial charge in [0.05, 0.1) is 33.5 Å². The topological polar surface area (TPSA) is 145 Å². The summed E-state index contributed by atoms with van der Waals surface area (Å²) in [6.07, 6.45) is 3.06. The summed E-state index contributed by atoms with van der Waals surface area (Å²) in [5.74, 6) is 0.190. The fraction of sp³-hybridized carbons (Fsp3) is 0.277. The molecule has 0 saturated heterocycles. The van der Waals surface area contributed by atoms with Crippen molar-refractivity contribution < 1.29 is 19.2 Å². The minimum Gasteiger partial charge on any atom is -0.375 e. The number of aromatic nitrogens is 2. The molecule has 0 fully saturated rings. The van der Waals surface area contributed by atoms with E-state index in [0.29, 0.717) is 36.5 Å². The van der Waals surface area contributed by atoms with Crippen LogP contribution in [0.25, 0.3) is 0 Å². The number of thiazole rings is 2. The Bertz CT molecular complexity index is 2010. The highest BCUT2D eigenvalue weighted by atomic mass is 79.9. The molecule has 2 heterocycles. The van der Waals surface area contributed by atoms with E-state index in [0.717, 1.165) is 11.1 Å². The van der Waals surface area contributed by atoms with E-state index in [-0.39, 0.29) is 37.6 Å². The molecule has 3 radical (unpaired) electrons. The van der Waals surface area contributed by atoms with Gasteiger partial charge in [-0.1, -0.05) is 215 Å². The Balaban J connectivity index is -0.000000698. The van der Waals surface area contributed by atoms with Gasteiger partial charge in [-0.25, -0.2) is 9.97 Å². The molecule has 13 heteroatoms. The molecule has 6 rings (SSSR count). The first-order valence-corrected chi connectivity index (χ1v) is 22.3. The van der Waals surface area contributed by atoms with Crippen LogP contribution < -0.4 is 5.73 Å². The monoisotopic (exact) mass is 912 g/mol. The number of ketones is 4. The summed E-state index contributed by atoms with van der Waals surface area (Å²) in [5, 5.41) is 9.32. The number of alkyl halides is 1. The van der Waals surface area contributed by atoms with E-state index in [2.05, 4.69) is 36.1 Å². The lowest BCUT2D eigenvalue weighted by Crippen LogP contribution is -1.98. The number of nitrogen functional groups attached to an aromatic ring is 1. The van der Waals surface area contributed by atoms with Crippen molar-refractivity contribution in [2.75, 3.05) is 11.1 Å². The molecule has 0 atom stereocenters. The Hall–Kier alpha value is -5.24. The smallest absolute Gasteiger partial charge is 0.230 e. The lowest BCUT2D eigenvalue weighted by molar-refractivity contribution is 0.101. The molecule has 0 spiro atoms. The van der Waals surface area contributed by atoms with E-state index in [4.69, 9.17) is 5.73 Å². The second-order valence-electron chi connectivity index (χ2n) is 10.6. The number of hydrogen-bond donors (Lipinski definition) is 1. The third kappa shape index (κ3) is 24.6. The van der Waals surface area contributed by atoms with Gasteiger partial charge in [0.25, 0.3) is 0 Å². The van der Waals surface area contributed by atoms with Crippen molar-refractivity contribution in [3.8, 4) is 0 Å². The number of rotatable bonds is 9. The summed E-state index contributed by atoms with van der Waals surface area (Å²) >= 11 is 5.57. The van der Waals surface area contributed by atoms with Gasteiger partial charge < -0.3 is 5.73 Å². The quantitative estimate of drug-likeness (QED) is 0.0658. The first-order valence-electron chi connectivity index (χ1n) is 19.6. The molecule has 0 aliphatic rings. The van der Waals surface area contributed by atoms with Crippen LogP contribution in [0.5, 0.6) is 0 Å². The average molecular weight is 914 g/mol. The van der Waals surface area contributed by atoms with Crippen molar-refractivity contribution in [3.63, 3.8) is 0 Å². The van der Waals surface area contributed by atoms with Crippen molar-refractivity contribution in [1.82, 2.24) is 9.97 Å². The zero-order chi connectivity index (χ0) is 45.0. The number of hydrogen-bond acceptors (Lipinski definition) is 11. The Labute approximate surface area is 376 Å². The van der Waals surface area contributed by atoms with Gasteiger partial charge in [-0.05, 0) is 20.8 Å². The molecule has 4 aromatic carbocycles. The van der Waals surface area contributed by atoms with Gasteiger partial charge in [0.1, 0.15) is 0 Å². The largest absolute Gasteiger partial charge is 0.375 e. The molecule has 0 amide bonds. The highest BCUT2D eigenvalue weighted by molar-refractivity contribution is 9.09. The fourth-order valence-electron chi connectivity index (χ4n) is 3.81. The van der Waals surface area contributed by atoms with Crippen LogP contribution in [0.15, 0.2) is 144 Å². The zero-order valence-corrected chi connectivity index (χ0v) is 40.0. The minimum absolute atomic E-state index is 0. The van der Waals surface area contributed by atoms with Crippen molar-refractivity contribution in [2.24, 2.45) is 10.2 Å². The fourth-order valence-corrected chi connectivity index (χ4v) is 5.49. The number of nitrogens with zero attached hydrogens (tertiary/aromatic N) is 4. The summed E-state index contributed by atoms with van der Waals surface area (Å²) in [4.78, 5) is 54.6. The van der Waals surface area contributed by atoms with Crippen LogP contribution in [-0.2, 0) is 0 Å². The number of halogens is 1. The Morgan fingerprint density at radius 3 is 1.25 bits per heavy atom. The molecule has 0 unspecified atom stereocenters. The second-order valence-corrected chi connectivity index (χ2v) is 13.2. The van der Waals surface area contributed by atoms with Crippen molar-refractivity contribution in [3.05, 3.63) is 166 Å². The molecule has 0 bridgehead atoms. The summed E-state index contributed by atoms with van der Waals surface area (Å²) in [5.41, 5.74) is 8.31. The molecule has 0 aliphatic carbocycles. The Morgan fingerprint density at radius 1 is 0.583 bits per heavy atom. The van der Waals surface area contributed by atoms with Crippen molar-refractivity contribution in [1.29, 1.82) is 0 Å². The number of anilines is 1. The van der Waals surface area contributed by atoms with Gasteiger partial charge in [-0.3, -0.25) is 19.2 Å². The third-order valence-corrected chi connectivity index (χ3v) is 8.52. The molecular formula is C47H60BBrN5O4S2. The van der Waals surface area contributed by atoms with Crippen LogP contribution in [0.3, 0.4) is 0 Å². The number of azo groups is 1. The van der Waals surface area contributed by atoms with Gasteiger partial charge >= 0.3 is 0 Å². The number of carbonyl (C=O) groups is 4. The van der Waals surface area contributed by atoms with Gasteiger partial charge in [-0.15, -0.1) is 5.11 Å². The molecule has 0 aliphatic heterocycles. The van der Waals surface area contributed by atoms with Crippen LogP contribution >= 0.6 is 38.6 Å². The molecule has 2 aromatic heterocycles.